The third-order valence-corrected chi connectivity index (χ3v) is 4.88. The van der Waals surface area contributed by atoms with E-state index in [0.717, 1.165) is 38.5 Å². The molecule has 1 aromatic carbocycles. The summed E-state index contributed by atoms with van der Waals surface area (Å²) in [5.41, 5.74) is 2.83. The van der Waals surface area contributed by atoms with Gasteiger partial charge in [-0.3, -0.25) is 4.99 Å². The third kappa shape index (κ3) is 6.35. The van der Waals surface area contributed by atoms with Crippen molar-refractivity contribution in [2.24, 2.45) is 16.3 Å². The monoisotopic (exact) mass is 345 g/mol. The van der Waals surface area contributed by atoms with Crippen LogP contribution in [0, 0.1) is 18.3 Å². The molecular weight excluding hydrogens is 310 g/mol. The highest BCUT2D eigenvalue weighted by molar-refractivity contribution is 5.79. The van der Waals surface area contributed by atoms with Crippen LogP contribution in [0.3, 0.4) is 0 Å². The Morgan fingerprint density at radius 3 is 2.56 bits per heavy atom. The van der Waals surface area contributed by atoms with E-state index in [1.807, 2.05) is 7.05 Å². The van der Waals surface area contributed by atoms with Gasteiger partial charge in [-0.15, -0.1) is 0 Å². The summed E-state index contributed by atoms with van der Waals surface area (Å²) in [6, 6.07) is 8.72. The molecule has 2 unspecified atom stereocenters. The summed E-state index contributed by atoms with van der Waals surface area (Å²) in [5, 5.41) is 6.92. The molecule has 1 saturated heterocycles. The van der Waals surface area contributed by atoms with Crippen LogP contribution in [0.2, 0.25) is 0 Å². The van der Waals surface area contributed by atoms with Crippen LogP contribution in [0.5, 0.6) is 0 Å². The van der Waals surface area contributed by atoms with E-state index in [1.165, 1.54) is 17.5 Å². The van der Waals surface area contributed by atoms with Gasteiger partial charge in [-0.05, 0) is 37.2 Å². The third-order valence-electron chi connectivity index (χ3n) is 4.88. The highest BCUT2D eigenvalue weighted by Crippen LogP contribution is 2.33. The first-order chi connectivity index (χ1) is 11.9. The smallest absolute Gasteiger partial charge is 0.190 e. The van der Waals surface area contributed by atoms with Crippen molar-refractivity contribution in [3.63, 3.8) is 0 Å². The Morgan fingerprint density at radius 1 is 1.20 bits per heavy atom. The number of rotatable bonds is 5. The molecule has 2 atom stereocenters. The fraction of sp³-hybridized carbons (Fsp3) is 0.667. The van der Waals surface area contributed by atoms with Crippen LogP contribution in [0.4, 0.5) is 0 Å². The fourth-order valence-corrected chi connectivity index (χ4v) is 3.54. The fourth-order valence-electron chi connectivity index (χ4n) is 3.54. The van der Waals surface area contributed by atoms with Gasteiger partial charge in [0, 0.05) is 32.7 Å². The number of aliphatic imine (C=N–C) groups is 1. The number of ether oxygens (including phenoxy) is 1. The van der Waals surface area contributed by atoms with Crippen molar-refractivity contribution in [2.45, 2.75) is 53.1 Å². The molecule has 25 heavy (non-hydrogen) atoms. The van der Waals surface area contributed by atoms with Gasteiger partial charge < -0.3 is 15.4 Å². The predicted octanol–water partition coefficient (Wildman–Crippen LogP) is 3.54. The van der Waals surface area contributed by atoms with Gasteiger partial charge in [-0.1, -0.05) is 50.6 Å². The zero-order chi connectivity index (χ0) is 18.3. The van der Waals surface area contributed by atoms with Crippen molar-refractivity contribution in [1.82, 2.24) is 10.6 Å². The Balaban J connectivity index is 1.78. The first-order valence-corrected chi connectivity index (χ1v) is 9.52. The molecule has 2 rings (SSSR count). The van der Waals surface area contributed by atoms with Gasteiger partial charge in [0.25, 0.3) is 0 Å². The quantitative estimate of drug-likeness (QED) is 0.634. The second kappa shape index (κ2) is 9.23. The summed E-state index contributed by atoms with van der Waals surface area (Å²) >= 11 is 0. The van der Waals surface area contributed by atoms with E-state index in [2.05, 4.69) is 67.6 Å². The number of benzene rings is 1. The normalized spacial score (nSPS) is 21.9. The number of aryl methyl sites for hydroxylation is 1. The molecule has 1 fully saturated rings. The van der Waals surface area contributed by atoms with Gasteiger partial charge in [0.1, 0.15) is 0 Å². The second-order valence-electron chi connectivity index (χ2n) is 8.18. The molecule has 0 aromatic heterocycles. The number of guanidine groups is 1. The van der Waals surface area contributed by atoms with Gasteiger partial charge in [0.15, 0.2) is 5.96 Å². The highest BCUT2D eigenvalue weighted by Gasteiger charge is 2.35. The maximum atomic E-state index is 6.07. The molecule has 4 heteroatoms. The summed E-state index contributed by atoms with van der Waals surface area (Å²) < 4.78 is 6.07. The molecule has 0 bridgehead atoms. The lowest BCUT2D eigenvalue weighted by Crippen LogP contribution is -2.47. The molecule has 1 aliphatic heterocycles. The Morgan fingerprint density at radius 2 is 1.92 bits per heavy atom. The molecule has 0 spiro atoms. The minimum absolute atomic E-state index is 0.176. The van der Waals surface area contributed by atoms with Gasteiger partial charge in [0.2, 0.25) is 0 Å². The van der Waals surface area contributed by atoms with Crippen molar-refractivity contribution in [2.75, 3.05) is 26.7 Å². The summed E-state index contributed by atoms with van der Waals surface area (Å²) in [7, 11) is 1.83. The Labute approximate surface area is 153 Å². The molecule has 1 aliphatic rings. The maximum absolute atomic E-state index is 6.07. The lowest BCUT2D eigenvalue weighted by Gasteiger charge is -2.40. The lowest BCUT2D eigenvalue weighted by atomic mass is 9.78. The van der Waals surface area contributed by atoms with Crippen LogP contribution in [-0.4, -0.2) is 38.8 Å². The number of nitrogens with zero attached hydrogens (tertiary/aromatic N) is 1. The van der Waals surface area contributed by atoms with Gasteiger partial charge >= 0.3 is 0 Å². The van der Waals surface area contributed by atoms with Crippen molar-refractivity contribution in [1.29, 1.82) is 0 Å². The van der Waals surface area contributed by atoms with Crippen LogP contribution in [0.25, 0.3) is 0 Å². The Kier molecular flexibility index (Phi) is 7.30. The van der Waals surface area contributed by atoms with E-state index in [1.54, 1.807) is 0 Å². The van der Waals surface area contributed by atoms with E-state index in [9.17, 15) is 0 Å². The molecule has 4 nitrogen and oxygen atoms in total. The standard InChI is InChI=1S/C21H35N3O/c1-16-8-10-17(11-9-16)12-13-23-20(22-5)24-15-18-7-6-14-25-19(18)21(2,3)4/h8-11,18-19H,6-7,12-15H2,1-5H3,(H2,22,23,24). The van der Waals surface area contributed by atoms with Crippen LogP contribution >= 0.6 is 0 Å². The Hall–Kier alpha value is -1.55. The zero-order valence-electron chi connectivity index (χ0n) is 16.6. The Bertz CT molecular complexity index is 545. The minimum Gasteiger partial charge on any atom is -0.377 e. The molecule has 1 aromatic rings. The van der Waals surface area contributed by atoms with Gasteiger partial charge in [0.05, 0.1) is 6.10 Å². The van der Waals surface area contributed by atoms with Crippen LogP contribution in [0.1, 0.15) is 44.7 Å². The molecule has 0 aliphatic carbocycles. The first-order valence-electron chi connectivity index (χ1n) is 9.52. The van der Waals surface area contributed by atoms with Crippen LogP contribution < -0.4 is 10.6 Å². The van der Waals surface area contributed by atoms with Crippen molar-refractivity contribution in [3.8, 4) is 0 Å². The largest absolute Gasteiger partial charge is 0.377 e. The van der Waals surface area contributed by atoms with Gasteiger partial charge in [-0.2, -0.15) is 0 Å². The van der Waals surface area contributed by atoms with Crippen molar-refractivity contribution in [3.05, 3.63) is 35.4 Å². The maximum Gasteiger partial charge on any atom is 0.190 e. The van der Waals surface area contributed by atoms with Gasteiger partial charge in [-0.25, -0.2) is 0 Å². The van der Waals surface area contributed by atoms with Crippen molar-refractivity contribution < 1.29 is 4.74 Å². The molecule has 2 N–H and O–H groups in total. The van der Waals surface area contributed by atoms with E-state index < -0.39 is 0 Å². The number of hydrogen-bond donors (Lipinski definition) is 2. The van der Waals surface area contributed by atoms with Crippen LogP contribution in [0.15, 0.2) is 29.3 Å². The SMILES string of the molecule is CN=C(NCCc1ccc(C)cc1)NCC1CCCOC1C(C)(C)C. The zero-order valence-corrected chi connectivity index (χ0v) is 16.6. The summed E-state index contributed by atoms with van der Waals surface area (Å²) in [4.78, 5) is 4.36. The molecular formula is C21H35N3O. The molecule has 0 radical (unpaired) electrons. The molecule has 140 valence electrons. The molecule has 1 heterocycles. The van der Waals surface area contributed by atoms with E-state index >= 15 is 0 Å². The first kappa shape index (κ1) is 19.8. The topological polar surface area (TPSA) is 45.7 Å². The van der Waals surface area contributed by atoms with E-state index in [4.69, 9.17) is 4.74 Å². The predicted molar refractivity (Wildman–Crippen MR) is 106 cm³/mol. The average Bonchev–Trinajstić information content (AvgIpc) is 2.59. The summed E-state index contributed by atoms with van der Waals surface area (Å²) in [5.74, 6) is 1.41. The van der Waals surface area contributed by atoms with Crippen LogP contribution in [-0.2, 0) is 11.2 Å². The number of hydrogen-bond acceptors (Lipinski definition) is 2. The van der Waals surface area contributed by atoms with E-state index in [-0.39, 0.29) is 5.41 Å². The molecule has 0 amide bonds. The summed E-state index contributed by atoms with van der Waals surface area (Å²) in [6.45, 7) is 11.6. The highest BCUT2D eigenvalue weighted by atomic mass is 16.5. The van der Waals surface area contributed by atoms with Crippen molar-refractivity contribution >= 4 is 5.96 Å². The number of nitrogens with one attached hydrogen (secondary N) is 2. The second-order valence-corrected chi connectivity index (χ2v) is 8.18. The average molecular weight is 346 g/mol. The van der Waals surface area contributed by atoms with E-state index in [0.29, 0.717) is 12.0 Å². The minimum atomic E-state index is 0.176. The summed E-state index contributed by atoms with van der Waals surface area (Å²) in [6.07, 6.45) is 3.67. The molecule has 0 saturated carbocycles. The lowest BCUT2D eigenvalue weighted by molar-refractivity contribution is -0.0835.